The molecule has 5 heteroatoms. The fourth-order valence-electron chi connectivity index (χ4n) is 0.934. The summed E-state index contributed by atoms with van der Waals surface area (Å²) in [6.07, 6.45) is 1.51. The zero-order valence-electron chi connectivity index (χ0n) is 6.95. The standard InChI is InChI=1S/C8H8FNO2.ClH/c1-2-7-6(8(11)12)3-5(9)4-10-7;/h3-4H,2H2,1H3,(H,11,12);1H. The van der Waals surface area contributed by atoms with E-state index in [0.29, 0.717) is 12.1 Å². The van der Waals surface area contributed by atoms with Gasteiger partial charge in [-0.3, -0.25) is 4.98 Å². The van der Waals surface area contributed by atoms with E-state index in [1.54, 1.807) is 6.92 Å². The first-order valence-electron chi connectivity index (χ1n) is 3.53. The second kappa shape index (κ2) is 4.77. The predicted octanol–water partition coefficient (Wildman–Crippen LogP) is 1.90. The second-order valence-electron chi connectivity index (χ2n) is 2.31. The molecule has 0 aliphatic heterocycles. The highest BCUT2D eigenvalue weighted by atomic mass is 35.5. The van der Waals surface area contributed by atoms with Crippen LogP contribution in [0, 0.1) is 5.82 Å². The van der Waals surface area contributed by atoms with E-state index in [2.05, 4.69) is 4.98 Å². The van der Waals surface area contributed by atoms with Crippen molar-refractivity contribution in [2.45, 2.75) is 13.3 Å². The SMILES string of the molecule is CCc1ncc(F)cc1C(=O)O.Cl. The van der Waals surface area contributed by atoms with Crippen molar-refractivity contribution < 1.29 is 14.3 Å². The Kier molecular flexibility index (Phi) is 4.34. The molecule has 0 fully saturated rings. The number of aryl methyl sites for hydroxylation is 1. The maximum atomic E-state index is 12.5. The molecular weight excluding hydrogens is 197 g/mol. The van der Waals surface area contributed by atoms with Gasteiger partial charge in [-0.25, -0.2) is 9.18 Å². The van der Waals surface area contributed by atoms with Gasteiger partial charge in [0, 0.05) is 0 Å². The Labute approximate surface area is 81.0 Å². The van der Waals surface area contributed by atoms with Gasteiger partial charge in [0.2, 0.25) is 0 Å². The Morgan fingerprint density at radius 1 is 1.69 bits per heavy atom. The molecule has 1 heterocycles. The number of aromatic carboxylic acids is 1. The summed E-state index contributed by atoms with van der Waals surface area (Å²) in [5.41, 5.74) is 0.349. The van der Waals surface area contributed by atoms with Crippen LogP contribution in [0.1, 0.15) is 23.0 Å². The molecule has 0 aliphatic rings. The summed E-state index contributed by atoms with van der Waals surface area (Å²) < 4.78 is 12.5. The lowest BCUT2D eigenvalue weighted by Gasteiger charge is -2.00. The lowest BCUT2D eigenvalue weighted by atomic mass is 10.1. The molecule has 1 aromatic heterocycles. The monoisotopic (exact) mass is 205 g/mol. The number of hydrogen-bond donors (Lipinski definition) is 1. The summed E-state index contributed by atoms with van der Waals surface area (Å²) in [5, 5.41) is 8.61. The van der Waals surface area contributed by atoms with Gasteiger partial charge in [-0.15, -0.1) is 12.4 Å². The minimum Gasteiger partial charge on any atom is -0.478 e. The molecule has 13 heavy (non-hydrogen) atoms. The van der Waals surface area contributed by atoms with E-state index < -0.39 is 11.8 Å². The molecule has 0 spiro atoms. The number of carbonyl (C=O) groups is 1. The highest BCUT2D eigenvalue weighted by Gasteiger charge is 2.10. The van der Waals surface area contributed by atoms with Crippen LogP contribution >= 0.6 is 12.4 Å². The average Bonchev–Trinajstić information content (AvgIpc) is 2.04. The first kappa shape index (κ1) is 11.8. The number of rotatable bonds is 2. The van der Waals surface area contributed by atoms with Crippen LogP contribution in [0.4, 0.5) is 4.39 Å². The number of carboxylic acid groups (broad SMARTS) is 1. The molecule has 1 rings (SSSR count). The van der Waals surface area contributed by atoms with Gasteiger partial charge >= 0.3 is 5.97 Å². The van der Waals surface area contributed by atoms with Crippen LogP contribution in [0.5, 0.6) is 0 Å². The fraction of sp³-hybridized carbons (Fsp3) is 0.250. The molecule has 0 saturated heterocycles. The van der Waals surface area contributed by atoms with Crippen LogP contribution < -0.4 is 0 Å². The van der Waals surface area contributed by atoms with Crippen molar-refractivity contribution in [3.8, 4) is 0 Å². The van der Waals surface area contributed by atoms with Crippen molar-refractivity contribution in [2.24, 2.45) is 0 Å². The normalized spacial score (nSPS) is 9.08. The van der Waals surface area contributed by atoms with E-state index in [0.717, 1.165) is 12.3 Å². The molecular formula is C8H9ClFNO2. The molecule has 0 unspecified atom stereocenters. The third-order valence-corrected chi connectivity index (χ3v) is 1.50. The first-order valence-corrected chi connectivity index (χ1v) is 3.53. The van der Waals surface area contributed by atoms with E-state index in [-0.39, 0.29) is 18.0 Å². The lowest BCUT2D eigenvalue weighted by molar-refractivity contribution is 0.0694. The Morgan fingerprint density at radius 3 is 2.77 bits per heavy atom. The summed E-state index contributed by atoms with van der Waals surface area (Å²) in [7, 11) is 0. The predicted molar refractivity (Wildman–Crippen MR) is 47.8 cm³/mol. The molecule has 0 radical (unpaired) electrons. The third-order valence-electron chi connectivity index (χ3n) is 1.50. The highest BCUT2D eigenvalue weighted by Crippen LogP contribution is 2.08. The van der Waals surface area contributed by atoms with Crippen molar-refractivity contribution in [1.82, 2.24) is 4.98 Å². The van der Waals surface area contributed by atoms with Gasteiger partial charge in [0.15, 0.2) is 0 Å². The number of aromatic nitrogens is 1. The quantitative estimate of drug-likeness (QED) is 0.802. The summed E-state index contributed by atoms with van der Waals surface area (Å²) in [6.45, 7) is 1.77. The molecule has 1 N–H and O–H groups in total. The Hall–Kier alpha value is -1.16. The van der Waals surface area contributed by atoms with E-state index >= 15 is 0 Å². The van der Waals surface area contributed by atoms with Crippen LogP contribution in [-0.4, -0.2) is 16.1 Å². The van der Waals surface area contributed by atoms with E-state index in [4.69, 9.17) is 5.11 Å². The van der Waals surface area contributed by atoms with Gasteiger partial charge in [-0.2, -0.15) is 0 Å². The van der Waals surface area contributed by atoms with Gasteiger partial charge in [0.1, 0.15) is 5.82 Å². The third kappa shape index (κ3) is 2.66. The van der Waals surface area contributed by atoms with E-state index in [9.17, 15) is 9.18 Å². The first-order chi connectivity index (χ1) is 5.65. The molecule has 0 aliphatic carbocycles. The minimum absolute atomic E-state index is 0. The maximum absolute atomic E-state index is 12.5. The van der Waals surface area contributed by atoms with Crippen LogP contribution in [0.3, 0.4) is 0 Å². The van der Waals surface area contributed by atoms with Crippen molar-refractivity contribution >= 4 is 18.4 Å². The van der Waals surface area contributed by atoms with Crippen LogP contribution in [0.25, 0.3) is 0 Å². The fourth-order valence-corrected chi connectivity index (χ4v) is 0.934. The average molecular weight is 206 g/mol. The van der Waals surface area contributed by atoms with Crippen molar-refractivity contribution in [1.29, 1.82) is 0 Å². The van der Waals surface area contributed by atoms with Gasteiger partial charge in [-0.1, -0.05) is 6.92 Å². The molecule has 0 aromatic carbocycles. The molecule has 0 atom stereocenters. The van der Waals surface area contributed by atoms with Crippen LogP contribution in [0.2, 0.25) is 0 Å². The van der Waals surface area contributed by atoms with Crippen molar-refractivity contribution in [2.75, 3.05) is 0 Å². The summed E-state index contributed by atoms with van der Waals surface area (Å²) >= 11 is 0. The zero-order valence-corrected chi connectivity index (χ0v) is 7.77. The highest BCUT2D eigenvalue weighted by molar-refractivity contribution is 5.88. The number of pyridine rings is 1. The van der Waals surface area contributed by atoms with Crippen molar-refractivity contribution in [3.63, 3.8) is 0 Å². The number of carboxylic acids is 1. The summed E-state index contributed by atoms with van der Waals surface area (Å²) in [5.74, 6) is -1.76. The number of halogens is 2. The molecule has 72 valence electrons. The van der Waals surface area contributed by atoms with Gasteiger partial charge in [0.05, 0.1) is 17.5 Å². The van der Waals surface area contributed by atoms with E-state index in [1.165, 1.54) is 0 Å². The van der Waals surface area contributed by atoms with E-state index in [1.807, 2.05) is 0 Å². The summed E-state index contributed by atoms with van der Waals surface area (Å²) in [4.78, 5) is 14.2. The maximum Gasteiger partial charge on any atom is 0.337 e. The minimum atomic E-state index is -1.14. The Morgan fingerprint density at radius 2 is 2.31 bits per heavy atom. The summed E-state index contributed by atoms with van der Waals surface area (Å²) in [6, 6.07) is 0.980. The number of nitrogens with zero attached hydrogens (tertiary/aromatic N) is 1. The molecule has 0 bridgehead atoms. The lowest BCUT2D eigenvalue weighted by Crippen LogP contribution is -2.04. The number of hydrogen-bond acceptors (Lipinski definition) is 2. The molecule has 0 saturated carbocycles. The van der Waals surface area contributed by atoms with Gasteiger partial charge < -0.3 is 5.11 Å². The van der Waals surface area contributed by atoms with Gasteiger partial charge in [0.25, 0.3) is 0 Å². The van der Waals surface area contributed by atoms with Crippen LogP contribution in [0.15, 0.2) is 12.3 Å². The second-order valence-corrected chi connectivity index (χ2v) is 2.31. The smallest absolute Gasteiger partial charge is 0.337 e. The zero-order chi connectivity index (χ0) is 9.14. The molecule has 0 amide bonds. The Bertz CT molecular complexity index is 317. The molecule has 1 aromatic rings. The topological polar surface area (TPSA) is 50.2 Å². The van der Waals surface area contributed by atoms with Crippen LogP contribution in [-0.2, 0) is 6.42 Å². The van der Waals surface area contributed by atoms with Gasteiger partial charge in [-0.05, 0) is 12.5 Å². The van der Waals surface area contributed by atoms with Crippen molar-refractivity contribution in [3.05, 3.63) is 29.3 Å². The molecule has 3 nitrogen and oxygen atoms in total. The largest absolute Gasteiger partial charge is 0.478 e. The Balaban J connectivity index is 0.00000144.